The van der Waals surface area contributed by atoms with Crippen LogP contribution >= 0.6 is 11.3 Å². The molecule has 0 radical (unpaired) electrons. The molecule has 0 atom stereocenters. The largest absolute Gasteiger partial charge is 0.462 e. The minimum absolute atomic E-state index is 0.0594. The van der Waals surface area contributed by atoms with Gasteiger partial charge in [0.05, 0.1) is 17.7 Å². The van der Waals surface area contributed by atoms with E-state index in [2.05, 4.69) is 20.0 Å². The third-order valence-electron chi connectivity index (χ3n) is 4.44. The maximum absolute atomic E-state index is 12.2. The molecule has 8 nitrogen and oxygen atoms in total. The molecule has 1 aromatic carbocycles. The van der Waals surface area contributed by atoms with E-state index >= 15 is 0 Å². The summed E-state index contributed by atoms with van der Waals surface area (Å²) in [6, 6.07) is 7.25. The molecule has 0 unspecified atom stereocenters. The molecule has 0 aliphatic carbocycles. The number of ether oxygens (including phenoxy) is 1. The third-order valence-corrected chi connectivity index (χ3v) is 7.17. The number of nitrogens with zero attached hydrogens (tertiary/aromatic N) is 2. The van der Waals surface area contributed by atoms with Crippen LogP contribution in [0.25, 0.3) is 10.2 Å². The zero-order valence-electron chi connectivity index (χ0n) is 17.9. The Bertz CT molecular complexity index is 1170. The van der Waals surface area contributed by atoms with Crippen LogP contribution in [0.1, 0.15) is 47.1 Å². The van der Waals surface area contributed by atoms with Crippen LogP contribution in [0.3, 0.4) is 0 Å². The van der Waals surface area contributed by atoms with Gasteiger partial charge in [0.15, 0.2) is 0 Å². The van der Waals surface area contributed by atoms with Crippen molar-refractivity contribution in [2.45, 2.75) is 46.0 Å². The third kappa shape index (κ3) is 5.78. The second-order valence-electron chi connectivity index (χ2n) is 7.38. The zero-order chi connectivity index (χ0) is 22.6. The molecular weight excluding hydrogens is 436 g/mol. The summed E-state index contributed by atoms with van der Waals surface area (Å²) >= 11 is 1.29. The summed E-state index contributed by atoms with van der Waals surface area (Å²) < 4.78 is 31.9. The minimum atomic E-state index is -3.36. The number of esters is 1. The van der Waals surface area contributed by atoms with Gasteiger partial charge in [-0.3, -0.25) is 0 Å². The predicted molar refractivity (Wildman–Crippen MR) is 123 cm³/mol. The molecule has 0 saturated heterocycles. The van der Waals surface area contributed by atoms with Crippen LogP contribution in [-0.2, 0) is 27.1 Å². The molecule has 2 aromatic heterocycles. The molecule has 2 N–H and O–H groups in total. The van der Waals surface area contributed by atoms with Crippen molar-refractivity contribution in [1.29, 1.82) is 0 Å². The van der Waals surface area contributed by atoms with E-state index in [-0.39, 0.29) is 17.8 Å². The minimum Gasteiger partial charge on any atom is -0.462 e. The molecule has 3 rings (SSSR count). The zero-order valence-corrected chi connectivity index (χ0v) is 19.6. The highest BCUT2D eigenvalue weighted by Gasteiger charge is 2.20. The Morgan fingerprint density at radius 3 is 2.48 bits per heavy atom. The number of carbonyl (C=O) groups is 1. The number of aromatic nitrogens is 2. The van der Waals surface area contributed by atoms with Crippen LogP contribution in [0, 0.1) is 6.92 Å². The summed E-state index contributed by atoms with van der Waals surface area (Å²) in [6.45, 7) is 8.03. The van der Waals surface area contributed by atoms with Crippen molar-refractivity contribution >= 4 is 43.4 Å². The van der Waals surface area contributed by atoms with Gasteiger partial charge in [0.2, 0.25) is 10.0 Å². The van der Waals surface area contributed by atoms with Gasteiger partial charge in [0.1, 0.15) is 21.9 Å². The quantitative estimate of drug-likeness (QED) is 0.467. The van der Waals surface area contributed by atoms with Gasteiger partial charge >= 0.3 is 5.97 Å². The van der Waals surface area contributed by atoms with Crippen molar-refractivity contribution in [3.8, 4) is 0 Å². The number of thiophene rings is 1. The van der Waals surface area contributed by atoms with Gasteiger partial charge in [0.25, 0.3) is 0 Å². The molecule has 166 valence electrons. The van der Waals surface area contributed by atoms with Gasteiger partial charge < -0.3 is 10.1 Å². The van der Waals surface area contributed by atoms with E-state index in [4.69, 9.17) is 4.74 Å². The number of hydrogen-bond acceptors (Lipinski definition) is 8. The summed E-state index contributed by atoms with van der Waals surface area (Å²) in [4.78, 5) is 22.1. The first-order valence-corrected chi connectivity index (χ1v) is 12.4. The highest BCUT2D eigenvalue weighted by atomic mass is 32.2. The average molecular weight is 463 g/mol. The maximum atomic E-state index is 12.2. The molecule has 0 spiro atoms. The van der Waals surface area contributed by atoms with Crippen molar-refractivity contribution < 1.29 is 17.9 Å². The molecule has 0 aliphatic rings. The molecule has 10 heteroatoms. The van der Waals surface area contributed by atoms with Gasteiger partial charge in [0, 0.05) is 12.6 Å². The Kier molecular flexibility index (Phi) is 7.24. The Balaban J connectivity index is 1.73. The molecule has 0 fully saturated rings. The number of nitrogens with one attached hydrogen (secondary N) is 2. The first kappa shape index (κ1) is 23.1. The first-order valence-electron chi connectivity index (χ1n) is 9.93. The van der Waals surface area contributed by atoms with Gasteiger partial charge in [-0.1, -0.05) is 24.3 Å². The van der Waals surface area contributed by atoms with Crippen LogP contribution in [0.5, 0.6) is 0 Å². The molecule has 3 aromatic rings. The van der Waals surface area contributed by atoms with Crippen LogP contribution in [-0.4, -0.2) is 37.0 Å². The fourth-order valence-electron chi connectivity index (χ4n) is 3.16. The van der Waals surface area contributed by atoms with Crippen LogP contribution in [0.2, 0.25) is 0 Å². The van der Waals surface area contributed by atoms with Crippen molar-refractivity contribution in [1.82, 2.24) is 14.7 Å². The normalized spacial score (nSPS) is 11.8. The molecule has 0 amide bonds. The monoisotopic (exact) mass is 462 g/mol. The van der Waals surface area contributed by atoms with E-state index in [0.717, 1.165) is 21.3 Å². The fraction of sp³-hybridized carbons (Fsp3) is 0.381. The van der Waals surface area contributed by atoms with Gasteiger partial charge in [-0.15, -0.1) is 11.3 Å². The average Bonchev–Trinajstić information content (AvgIpc) is 3.04. The Labute approximate surface area is 186 Å². The smallest absolute Gasteiger partial charge is 0.348 e. The van der Waals surface area contributed by atoms with E-state index in [1.165, 1.54) is 17.7 Å². The Hall–Kier alpha value is -2.56. The molecule has 0 saturated carbocycles. The highest BCUT2D eigenvalue weighted by molar-refractivity contribution is 7.88. The van der Waals surface area contributed by atoms with Crippen molar-refractivity contribution in [3.63, 3.8) is 0 Å². The van der Waals surface area contributed by atoms with Crippen molar-refractivity contribution in [2.75, 3.05) is 11.9 Å². The number of carbonyl (C=O) groups excluding carboxylic acids is 1. The summed E-state index contributed by atoms with van der Waals surface area (Å²) in [7, 11) is -3.36. The second-order valence-corrected chi connectivity index (χ2v) is 10.1. The lowest BCUT2D eigenvalue weighted by Crippen LogP contribution is -2.31. The van der Waals surface area contributed by atoms with E-state index in [1.54, 1.807) is 32.9 Å². The summed E-state index contributed by atoms with van der Waals surface area (Å²) in [5.41, 5.74) is 2.48. The summed E-state index contributed by atoms with van der Waals surface area (Å²) in [6.07, 6.45) is 1.46. The number of hydrogen-bond donors (Lipinski definition) is 2. The van der Waals surface area contributed by atoms with Crippen LogP contribution < -0.4 is 10.0 Å². The Morgan fingerprint density at radius 2 is 1.84 bits per heavy atom. The lowest BCUT2D eigenvalue weighted by molar-refractivity contribution is 0.0531. The standard InChI is InChI=1S/C21H26N4O4S2/c1-5-29-21(26)18-14(4)17-19(23-12-24-20(17)30-18)22-10-15-6-8-16(9-7-15)11-31(27,28)25-13(2)3/h6-9,12-13,25H,5,10-11H2,1-4H3,(H,22,23,24). The lowest BCUT2D eigenvalue weighted by Gasteiger charge is -2.10. The van der Waals surface area contributed by atoms with Crippen LogP contribution in [0.4, 0.5) is 5.82 Å². The first-order chi connectivity index (χ1) is 14.7. The predicted octanol–water partition coefficient (Wildman–Crippen LogP) is 3.62. The van der Waals surface area contributed by atoms with Crippen molar-refractivity contribution in [3.05, 3.63) is 52.2 Å². The van der Waals surface area contributed by atoms with Gasteiger partial charge in [-0.2, -0.15) is 0 Å². The molecule has 0 aliphatic heterocycles. The SMILES string of the molecule is CCOC(=O)c1sc2ncnc(NCc3ccc(CS(=O)(=O)NC(C)C)cc3)c2c1C. The number of rotatable bonds is 9. The van der Waals surface area contributed by atoms with Gasteiger partial charge in [-0.05, 0) is 44.4 Å². The number of sulfonamides is 1. The molecule has 2 heterocycles. The molecule has 31 heavy (non-hydrogen) atoms. The van der Waals surface area contributed by atoms with Gasteiger partial charge in [-0.25, -0.2) is 27.9 Å². The van der Waals surface area contributed by atoms with E-state index < -0.39 is 10.0 Å². The molecule has 0 bridgehead atoms. The topological polar surface area (TPSA) is 110 Å². The maximum Gasteiger partial charge on any atom is 0.348 e. The lowest BCUT2D eigenvalue weighted by atomic mass is 10.1. The molecular formula is C21H26N4O4S2. The van der Waals surface area contributed by atoms with Crippen LogP contribution in [0.15, 0.2) is 30.6 Å². The van der Waals surface area contributed by atoms with E-state index in [9.17, 15) is 13.2 Å². The summed E-state index contributed by atoms with van der Waals surface area (Å²) in [5, 5.41) is 4.10. The fourth-order valence-corrected chi connectivity index (χ4v) is 5.63. The highest BCUT2D eigenvalue weighted by Crippen LogP contribution is 2.33. The Morgan fingerprint density at radius 1 is 1.16 bits per heavy atom. The van der Waals surface area contributed by atoms with E-state index in [0.29, 0.717) is 29.4 Å². The second kappa shape index (κ2) is 9.71. The number of anilines is 1. The number of fused-ring (bicyclic) bond motifs is 1. The van der Waals surface area contributed by atoms with Crippen molar-refractivity contribution in [2.24, 2.45) is 0 Å². The number of benzene rings is 1. The van der Waals surface area contributed by atoms with E-state index in [1.807, 2.05) is 19.1 Å². The summed E-state index contributed by atoms with van der Waals surface area (Å²) in [5.74, 6) is 0.226. The number of aryl methyl sites for hydroxylation is 1.